The van der Waals surface area contributed by atoms with Crippen LogP contribution in [0.25, 0.3) is 0 Å². The van der Waals surface area contributed by atoms with Gasteiger partial charge in [-0.1, -0.05) is 17.3 Å². The molecule has 5 N–H and O–H groups in total. The number of amidine groups is 1. The molecule has 7 nitrogen and oxygen atoms in total. The Kier molecular flexibility index (Phi) is 4.33. The number of nitrogens with one attached hydrogen (secondary N) is 2. The smallest absolute Gasteiger partial charge is 0.251 e. The van der Waals surface area contributed by atoms with Crippen LogP contribution in [0.4, 0.5) is 0 Å². The van der Waals surface area contributed by atoms with E-state index in [1.165, 1.54) is 0 Å². The number of carbonyl (C=O) groups excluding carboxylic acids is 1. The summed E-state index contributed by atoms with van der Waals surface area (Å²) in [6.45, 7) is 0.472. The number of rotatable bonds is 5. The Balaban J connectivity index is 1.95. The van der Waals surface area contributed by atoms with E-state index in [0.717, 1.165) is 5.82 Å². The topological polar surface area (TPSA) is 116 Å². The Morgan fingerprint density at radius 2 is 2.25 bits per heavy atom. The molecule has 0 bridgehead atoms. The average Bonchev–Trinajstić information content (AvgIpc) is 2.99. The molecular formula is C13H15N5O2. The van der Waals surface area contributed by atoms with Crippen LogP contribution in [0.1, 0.15) is 21.7 Å². The zero-order valence-electron chi connectivity index (χ0n) is 10.7. The van der Waals surface area contributed by atoms with Crippen molar-refractivity contribution in [2.24, 2.45) is 10.9 Å². The zero-order valence-corrected chi connectivity index (χ0v) is 10.7. The molecule has 20 heavy (non-hydrogen) atoms. The molecular weight excluding hydrogens is 258 g/mol. The molecule has 1 heterocycles. The summed E-state index contributed by atoms with van der Waals surface area (Å²) in [6, 6.07) is 6.57. The van der Waals surface area contributed by atoms with Crippen LogP contribution in [0.15, 0.2) is 41.8 Å². The molecule has 0 atom stereocenters. The number of hydrogen-bond donors (Lipinski definition) is 4. The SMILES string of the molecule is N/C(=N/O)c1cccc(C(=O)NCCc2ncc[nH]2)c1. The quantitative estimate of drug-likeness (QED) is 0.274. The van der Waals surface area contributed by atoms with Crippen LogP contribution in [0.3, 0.4) is 0 Å². The molecule has 0 spiro atoms. The predicted molar refractivity (Wildman–Crippen MR) is 73.6 cm³/mol. The molecule has 0 radical (unpaired) electrons. The number of imidazole rings is 1. The van der Waals surface area contributed by atoms with Crippen LogP contribution in [-0.2, 0) is 6.42 Å². The molecule has 2 rings (SSSR count). The maximum Gasteiger partial charge on any atom is 0.251 e. The van der Waals surface area contributed by atoms with Gasteiger partial charge in [0.2, 0.25) is 0 Å². The van der Waals surface area contributed by atoms with Crippen molar-refractivity contribution in [2.45, 2.75) is 6.42 Å². The van der Waals surface area contributed by atoms with E-state index in [2.05, 4.69) is 20.4 Å². The fraction of sp³-hybridized carbons (Fsp3) is 0.154. The normalized spacial score (nSPS) is 11.3. The van der Waals surface area contributed by atoms with Crippen molar-refractivity contribution < 1.29 is 10.0 Å². The number of oxime groups is 1. The van der Waals surface area contributed by atoms with Crippen LogP contribution in [-0.4, -0.2) is 33.5 Å². The largest absolute Gasteiger partial charge is 0.409 e. The molecule has 7 heteroatoms. The lowest BCUT2D eigenvalue weighted by Crippen LogP contribution is -2.26. The van der Waals surface area contributed by atoms with E-state index < -0.39 is 0 Å². The molecule has 0 aliphatic carbocycles. The van der Waals surface area contributed by atoms with Crippen molar-refractivity contribution in [1.82, 2.24) is 15.3 Å². The highest BCUT2D eigenvalue weighted by Gasteiger charge is 2.07. The minimum absolute atomic E-state index is 0.0322. The van der Waals surface area contributed by atoms with E-state index in [-0.39, 0.29) is 11.7 Å². The van der Waals surface area contributed by atoms with Gasteiger partial charge < -0.3 is 21.2 Å². The van der Waals surface area contributed by atoms with Crippen molar-refractivity contribution >= 4 is 11.7 Å². The second-order valence-corrected chi connectivity index (χ2v) is 4.11. The molecule has 1 aromatic heterocycles. The second-order valence-electron chi connectivity index (χ2n) is 4.11. The first-order chi connectivity index (χ1) is 9.70. The van der Waals surface area contributed by atoms with Gasteiger partial charge in [0, 0.05) is 36.5 Å². The fourth-order valence-electron chi connectivity index (χ4n) is 1.71. The van der Waals surface area contributed by atoms with Crippen molar-refractivity contribution in [3.63, 3.8) is 0 Å². The Bertz CT molecular complexity index is 607. The van der Waals surface area contributed by atoms with Crippen molar-refractivity contribution in [2.75, 3.05) is 6.54 Å². The maximum absolute atomic E-state index is 12.0. The van der Waals surface area contributed by atoms with E-state index in [4.69, 9.17) is 10.9 Å². The van der Waals surface area contributed by atoms with E-state index in [0.29, 0.717) is 24.1 Å². The molecule has 0 aliphatic heterocycles. The lowest BCUT2D eigenvalue weighted by molar-refractivity contribution is 0.0954. The third kappa shape index (κ3) is 3.35. The third-order valence-corrected chi connectivity index (χ3v) is 2.73. The van der Waals surface area contributed by atoms with Gasteiger partial charge in [-0.2, -0.15) is 0 Å². The fourth-order valence-corrected chi connectivity index (χ4v) is 1.71. The van der Waals surface area contributed by atoms with Gasteiger partial charge in [0.15, 0.2) is 5.84 Å². The Labute approximate surface area is 115 Å². The summed E-state index contributed by atoms with van der Waals surface area (Å²) < 4.78 is 0. The number of nitrogens with two attached hydrogens (primary N) is 1. The average molecular weight is 273 g/mol. The zero-order chi connectivity index (χ0) is 14.4. The first-order valence-electron chi connectivity index (χ1n) is 6.05. The van der Waals surface area contributed by atoms with Crippen LogP contribution in [0.2, 0.25) is 0 Å². The lowest BCUT2D eigenvalue weighted by atomic mass is 10.1. The molecule has 1 aromatic carbocycles. The predicted octanol–water partition coefficient (Wildman–Crippen LogP) is 0.477. The number of hydrogen-bond acceptors (Lipinski definition) is 4. The number of aromatic amines is 1. The van der Waals surface area contributed by atoms with Gasteiger partial charge in [-0.25, -0.2) is 4.98 Å². The summed E-state index contributed by atoms with van der Waals surface area (Å²) in [5, 5.41) is 14.3. The Hall–Kier alpha value is -2.83. The van der Waals surface area contributed by atoms with Gasteiger partial charge in [-0.05, 0) is 12.1 Å². The number of carbonyl (C=O) groups is 1. The maximum atomic E-state index is 12.0. The van der Waals surface area contributed by atoms with E-state index in [9.17, 15) is 4.79 Å². The molecule has 0 fully saturated rings. The summed E-state index contributed by atoms with van der Waals surface area (Å²) in [5.41, 5.74) is 6.43. The van der Waals surface area contributed by atoms with Crippen LogP contribution in [0.5, 0.6) is 0 Å². The molecule has 0 aliphatic rings. The van der Waals surface area contributed by atoms with Crippen molar-refractivity contribution in [3.05, 3.63) is 53.6 Å². The molecule has 1 amide bonds. The Morgan fingerprint density at radius 1 is 1.45 bits per heavy atom. The summed E-state index contributed by atoms with van der Waals surface area (Å²) in [7, 11) is 0. The van der Waals surface area contributed by atoms with Crippen molar-refractivity contribution in [1.29, 1.82) is 0 Å². The molecule has 2 aromatic rings. The number of aromatic nitrogens is 2. The summed E-state index contributed by atoms with van der Waals surface area (Å²) in [4.78, 5) is 19.0. The minimum atomic E-state index is -0.218. The van der Waals surface area contributed by atoms with Gasteiger partial charge >= 0.3 is 0 Å². The number of nitrogens with zero attached hydrogens (tertiary/aromatic N) is 2. The molecule has 0 unspecified atom stereocenters. The number of amides is 1. The summed E-state index contributed by atoms with van der Waals surface area (Å²) in [5.74, 6) is 0.565. The van der Waals surface area contributed by atoms with Gasteiger partial charge in [-0.15, -0.1) is 0 Å². The standard InChI is InChI=1S/C13H15N5O2/c14-12(18-20)9-2-1-3-10(8-9)13(19)17-5-4-11-15-6-7-16-11/h1-3,6-8,20H,4-5H2,(H2,14,18)(H,15,16)(H,17,19). The van der Waals surface area contributed by atoms with Crippen molar-refractivity contribution in [3.8, 4) is 0 Å². The monoisotopic (exact) mass is 273 g/mol. The third-order valence-electron chi connectivity index (χ3n) is 2.73. The lowest BCUT2D eigenvalue weighted by Gasteiger charge is -2.05. The first kappa shape index (κ1) is 13.6. The van der Waals surface area contributed by atoms with E-state index in [1.807, 2.05) is 0 Å². The van der Waals surface area contributed by atoms with E-state index in [1.54, 1.807) is 36.7 Å². The van der Waals surface area contributed by atoms with Gasteiger partial charge in [0.05, 0.1) is 0 Å². The van der Waals surface area contributed by atoms with Gasteiger partial charge in [-0.3, -0.25) is 4.79 Å². The minimum Gasteiger partial charge on any atom is -0.409 e. The number of benzene rings is 1. The highest BCUT2D eigenvalue weighted by molar-refractivity contribution is 6.01. The summed E-state index contributed by atoms with van der Waals surface area (Å²) >= 11 is 0. The second kappa shape index (κ2) is 6.37. The van der Waals surface area contributed by atoms with Crippen LogP contribution < -0.4 is 11.1 Å². The Morgan fingerprint density at radius 3 is 2.95 bits per heavy atom. The number of H-pyrrole nitrogens is 1. The van der Waals surface area contributed by atoms with Crippen LogP contribution >= 0.6 is 0 Å². The van der Waals surface area contributed by atoms with Gasteiger partial charge in [0.25, 0.3) is 5.91 Å². The van der Waals surface area contributed by atoms with E-state index >= 15 is 0 Å². The van der Waals surface area contributed by atoms with Crippen LogP contribution in [0, 0.1) is 0 Å². The highest BCUT2D eigenvalue weighted by atomic mass is 16.4. The highest BCUT2D eigenvalue weighted by Crippen LogP contribution is 2.05. The molecule has 0 saturated heterocycles. The summed E-state index contributed by atoms with van der Waals surface area (Å²) in [6.07, 6.45) is 4.02. The van der Waals surface area contributed by atoms with Gasteiger partial charge in [0.1, 0.15) is 5.82 Å². The first-order valence-corrected chi connectivity index (χ1v) is 6.05. The molecule has 0 saturated carbocycles. The molecule has 104 valence electrons.